The number of pyridine rings is 1. The van der Waals surface area contributed by atoms with Crippen molar-refractivity contribution in [3.63, 3.8) is 0 Å². The Kier molecular flexibility index (Phi) is 5.24. The number of aromatic amines is 1. The molecule has 0 saturated carbocycles. The average molecular weight is 374 g/mol. The van der Waals surface area contributed by atoms with Crippen LogP contribution in [0, 0.1) is 0 Å². The molecule has 0 fully saturated rings. The zero-order valence-electron chi connectivity index (χ0n) is 15.9. The predicted molar refractivity (Wildman–Crippen MR) is 120 cm³/mol. The molecular formula is C17H19B4ClN4O. The van der Waals surface area contributed by atoms with E-state index in [1.54, 1.807) is 12.4 Å². The highest BCUT2D eigenvalue weighted by molar-refractivity contribution is 6.62. The average Bonchev–Trinajstić information content (AvgIpc) is 3.11. The van der Waals surface area contributed by atoms with E-state index in [2.05, 4.69) is 36.2 Å². The lowest BCUT2D eigenvalue weighted by atomic mass is 9.28. The van der Waals surface area contributed by atoms with Crippen molar-refractivity contribution in [2.24, 2.45) is 0 Å². The third-order valence-electron chi connectivity index (χ3n) is 5.50. The van der Waals surface area contributed by atoms with Crippen LogP contribution in [0.2, 0.25) is 10.2 Å². The standard InChI is InChI=1S/C17H19B4ClN4O/c18-16(19,11-1-3-12(22)4-2-11)17(20,21)15(27)24-14-9-13(25-26-14)10-5-7-23-8-6-10/h1-9H,18-21H2,(H2,24,25,26,27). The Balaban J connectivity index is 1.80. The molecule has 1 aromatic carbocycles. The Labute approximate surface area is 167 Å². The van der Waals surface area contributed by atoms with Gasteiger partial charge >= 0.3 is 0 Å². The molecular weight excluding hydrogens is 355 g/mol. The molecule has 0 aliphatic rings. The van der Waals surface area contributed by atoms with Crippen LogP contribution in [0.15, 0.2) is 54.9 Å². The largest absolute Gasteiger partial charge is 0.312 e. The van der Waals surface area contributed by atoms with Crippen LogP contribution in [-0.4, -0.2) is 52.5 Å². The van der Waals surface area contributed by atoms with Crippen molar-refractivity contribution in [2.45, 2.75) is 10.4 Å². The zero-order chi connectivity index (χ0) is 19.7. The summed E-state index contributed by atoms with van der Waals surface area (Å²) in [6.45, 7) is 0. The van der Waals surface area contributed by atoms with E-state index in [0.29, 0.717) is 10.8 Å². The number of nitrogens with zero attached hydrogens (tertiary/aromatic N) is 2. The van der Waals surface area contributed by atoms with E-state index in [1.807, 2.05) is 58.2 Å². The summed E-state index contributed by atoms with van der Waals surface area (Å²) in [5.74, 6) is 0.471. The molecule has 3 aromatic rings. The van der Waals surface area contributed by atoms with E-state index < -0.39 is 10.4 Å². The Hall–Kier alpha value is -2.40. The number of aromatic nitrogens is 3. The molecule has 0 aliphatic heterocycles. The molecule has 0 saturated heterocycles. The summed E-state index contributed by atoms with van der Waals surface area (Å²) < 4.78 is 0. The molecule has 27 heavy (non-hydrogen) atoms. The van der Waals surface area contributed by atoms with Crippen LogP contribution in [0.1, 0.15) is 5.56 Å². The molecule has 0 radical (unpaired) electrons. The maximum atomic E-state index is 13.1. The monoisotopic (exact) mass is 374 g/mol. The SMILES string of the molecule is BC(B)(C(=O)Nc1cc(-c2ccncc2)n[nH]1)C(B)(B)c1ccc(Cl)cc1. The number of hydrogen-bond donors (Lipinski definition) is 2. The van der Waals surface area contributed by atoms with Gasteiger partial charge in [-0.15, -0.1) is 0 Å². The molecule has 3 rings (SSSR count). The van der Waals surface area contributed by atoms with E-state index in [1.165, 1.54) is 0 Å². The second kappa shape index (κ2) is 7.31. The second-order valence-electron chi connectivity index (χ2n) is 7.61. The van der Waals surface area contributed by atoms with Gasteiger partial charge in [-0.25, -0.2) is 0 Å². The van der Waals surface area contributed by atoms with Gasteiger partial charge in [0.25, 0.3) is 0 Å². The van der Waals surface area contributed by atoms with Gasteiger partial charge in [0.15, 0.2) is 0 Å². The van der Waals surface area contributed by atoms with Gasteiger partial charge in [0, 0.05) is 29.0 Å². The number of amides is 1. The minimum absolute atomic E-state index is 0.0904. The fourth-order valence-corrected chi connectivity index (χ4v) is 2.97. The number of halogens is 1. The van der Waals surface area contributed by atoms with Gasteiger partial charge in [-0.1, -0.05) is 34.5 Å². The van der Waals surface area contributed by atoms with Crippen LogP contribution in [0.3, 0.4) is 0 Å². The van der Waals surface area contributed by atoms with Gasteiger partial charge in [-0.3, -0.25) is 14.9 Å². The number of nitrogens with one attached hydrogen (secondary N) is 2. The van der Waals surface area contributed by atoms with Crippen molar-refractivity contribution < 1.29 is 4.79 Å². The molecule has 0 spiro atoms. The summed E-state index contributed by atoms with van der Waals surface area (Å²) >= 11 is 6.00. The fraction of sp³-hybridized carbons (Fsp3) is 0.118. The first kappa shape index (κ1) is 19.4. The minimum Gasteiger partial charge on any atom is -0.312 e. The molecule has 2 heterocycles. The van der Waals surface area contributed by atoms with Crippen LogP contribution in [0.25, 0.3) is 11.3 Å². The molecule has 0 atom stereocenters. The number of H-pyrrole nitrogens is 1. The third-order valence-corrected chi connectivity index (χ3v) is 5.75. The van der Waals surface area contributed by atoms with Gasteiger partial charge in [-0.2, -0.15) is 5.10 Å². The van der Waals surface area contributed by atoms with E-state index in [-0.39, 0.29) is 5.91 Å². The molecule has 2 N–H and O–H groups in total. The normalized spacial score (nSPS) is 11.9. The zero-order valence-corrected chi connectivity index (χ0v) is 16.6. The Morgan fingerprint density at radius 3 is 2.30 bits per heavy atom. The van der Waals surface area contributed by atoms with Gasteiger partial charge in [0.2, 0.25) is 5.91 Å². The predicted octanol–water partition coefficient (Wildman–Crippen LogP) is -0.435. The maximum Gasteiger partial charge on any atom is 0.215 e. The minimum atomic E-state index is -0.678. The van der Waals surface area contributed by atoms with Crippen LogP contribution in [0.5, 0.6) is 0 Å². The van der Waals surface area contributed by atoms with Crippen molar-refractivity contribution in [1.82, 2.24) is 15.2 Å². The smallest absolute Gasteiger partial charge is 0.215 e. The lowest BCUT2D eigenvalue weighted by Gasteiger charge is -2.41. The van der Waals surface area contributed by atoms with Crippen molar-refractivity contribution in [1.29, 1.82) is 0 Å². The molecule has 0 unspecified atom stereocenters. The van der Waals surface area contributed by atoms with E-state index in [0.717, 1.165) is 16.8 Å². The summed E-state index contributed by atoms with van der Waals surface area (Å²) in [7, 11) is 8.00. The third kappa shape index (κ3) is 3.83. The Bertz CT molecular complexity index is 945. The molecule has 2 aromatic heterocycles. The fourth-order valence-electron chi connectivity index (χ4n) is 2.85. The van der Waals surface area contributed by atoms with Crippen LogP contribution >= 0.6 is 11.6 Å². The van der Waals surface area contributed by atoms with E-state index in [4.69, 9.17) is 11.6 Å². The van der Waals surface area contributed by atoms with Crippen molar-refractivity contribution in [3.05, 3.63) is 65.4 Å². The van der Waals surface area contributed by atoms with Gasteiger partial charge < -0.3 is 5.32 Å². The highest BCUT2D eigenvalue weighted by Crippen LogP contribution is 2.39. The lowest BCUT2D eigenvalue weighted by molar-refractivity contribution is -0.117. The highest BCUT2D eigenvalue weighted by atomic mass is 35.5. The Morgan fingerprint density at radius 2 is 1.67 bits per heavy atom. The molecule has 10 heteroatoms. The summed E-state index contributed by atoms with van der Waals surface area (Å²) in [6, 6.07) is 13.2. The topological polar surface area (TPSA) is 70.7 Å². The van der Waals surface area contributed by atoms with Crippen molar-refractivity contribution in [2.75, 3.05) is 5.32 Å². The molecule has 0 bridgehead atoms. The number of carbonyl (C=O) groups excluding carboxylic acids is 1. The lowest BCUT2D eigenvalue weighted by Crippen LogP contribution is -2.50. The van der Waals surface area contributed by atoms with E-state index >= 15 is 0 Å². The van der Waals surface area contributed by atoms with Crippen LogP contribution in [0.4, 0.5) is 5.82 Å². The molecule has 5 nitrogen and oxygen atoms in total. The van der Waals surface area contributed by atoms with Crippen LogP contribution < -0.4 is 5.32 Å². The molecule has 0 aliphatic carbocycles. The molecule has 132 valence electrons. The summed E-state index contributed by atoms with van der Waals surface area (Å²) in [4.78, 5) is 17.1. The number of anilines is 1. The summed E-state index contributed by atoms with van der Waals surface area (Å²) in [5.41, 5.74) is 2.74. The summed E-state index contributed by atoms with van der Waals surface area (Å²) in [6.07, 6.45) is 3.42. The van der Waals surface area contributed by atoms with Crippen molar-refractivity contribution in [3.8, 4) is 11.3 Å². The highest BCUT2D eigenvalue weighted by Gasteiger charge is 2.43. The van der Waals surface area contributed by atoms with E-state index in [9.17, 15) is 4.79 Å². The van der Waals surface area contributed by atoms with Gasteiger partial charge in [0.1, 0.15) is 37.2 Å². The Morgan fingerprint density at radius 1 is 1.04 bits per heavy atom. The van der Waals surface area contributed by atoms with Crippen molar-refractivity contribution >= 4 is 54.7 Å². The number of hydrogen-bond acceptors (Lipinski definition) is 3. The number of carbonyl (C=O) groups is 1. The number of benzene rings is 1. The van der Waals surface area contributed by atoms with Crippen LogP contribution in [-0.2, 0) is 10.0 Å². The van der Waals surface area contributed by atoms with Gasteiger partial charge in [-0.05, 0) is 29.5 Å². The molecule has 1 amide bonds. The van der Waals surface area contributed by atoms with Gasteiger partial charge in [0.05, 0.1) is 5.69 Å². The second-order valence-corrected chi connectivity index (χ2v) is 8.05. The number of rotatable bonds is 5. The summed E-state index contributed by atoms with van der Waals surface area (Å²) in [5, 5.41) is 9.71. The maximum absolute atomic E-state index is 13.1. The first-order valence-corrected chi connectivity index (χ1v) is 9.13. The first-order chi connectivity index (χ1) is 12.7. The first-order valence-electron chi connectivity index (χ1n) is 8.75. The quantitative estimate of drug-likeness (QED) is 0.596.